The zero-order valence-electron chi connectivity index (χ0n) is 10.7. The summed E-state index contributed by atoms with van der Waals surface area (Å²) in [7, 11) is 1.89. The summed E-state index contributed by atoms with van der Waals surface area (Å²) >= 11 is 6.13. The number of benzene rings is 1. The number of anilines is 2. The maximum absolute atomic E-state index is 6.13. The van der Waals surface area contributed by atoms with E-state index < -0.39 is 0 Å². The van der Waals surface area contributed by atoms with Crippen LogP contribution in [0.4, 0.5) is 11.5 Å². The van der Waals surface area contributed by atoms with Gasteiger partial charge in [0.15, 0.2) is 5.82 Å². The molecule has 0 radical (unpaired) electrons. The van der Waals surface area contributed by atoms with E-state index in [0.717, 1.165) is 33.1 Å². The molecule has 2 aromatic heterocycles. The molecule has 0 saturated heterocycles. The van der Waals surface area contributed by atoms with Gasteiger partial charge < -0.3 is 5.32 Å². The molecule has 0 aliphatic heterocycles. The molecule has 0 saturated carbocycles. The molecular formula is C14H13ClN4. The lowest BCUT2D eigenvalue weighted by Crippen LogP contribution is -1.99. The van der Waals surface area contributed by atoms with Gasteiger partial charge in [0.25, 0.3) is 0 Å². The van der Waals surface area contributed by atoms with E-state index in [2.05, 4.69) is 15.4 Å². The number of aromatic nitrogens is 3. The highest BCUT2D eigenvalue weighted by Gasteiger charge is 2.10. The van der Waals surface area contributed by atoms with E-state index in [1.807, 2.05) is 44.3 Å². The lowest BCUT2D eigenvalue weighted by atomic mass is 10.2. The molecule has 0 fully saturated rings. The fourth-order valence-electron chi connectivity index (χ4n) is 1.97. The smallest absolute Gasteiger partial charge is 0.155 e. The highest BCUT2D eigenvalue weighted by Crippen LogP contribution is 2.26. The number of fused-ring (bicyclic) bond motifs is 1. The standard InChI is InChI=1S/C14H13ClN4/c1-9-5-6-10(8-11(9)15)17-14-13-12(18-19(14)2)4-3-7-16-13/h3-8,17H,1-2H3. The van der Waals surface area contributed by atoms with Crippen LogP contribution < -0.4 is 5.32 Å². The molecule has 3 rings (SSSR count). The summed E-state index contributed by atoms with van der Waals surface area (Å²) in [4.78, 5) is 4.36. The second kappa shape index (κ2) is 4.55. The summed E-state index contributed by atoms with van der Waals surface area (Å²) in [6, 6.07) is 9.69. The van der Waals surface area contributed by atoms with Crippen molar-refractivity contribution in [1.82, 2.24) is 14.8 Å². The Hall–Kier alpha value is -2.07. The lowest BCUT2D eigenvalue weighted by Gasteiger charge is -2.08. The number of aryl methyl sites for hydroxylation is 2. The lowest BCUT2D eigenvalue weighted by molar-refractivity contribution is 0.788. The van der Waals surface area contributed by atoms with Crippen molar-refractivity contribution in [2.75, 3.05) is 5.32 Å². The van der Waals surface area contributed by atoms with E-state index in [0.29, 0.717) is 0 Å². The highest BCUT2D eigenvalue weighted by atomic mass is 35.5. The van der Waals surface area contributed by atoms with Crippen molar-refractivity contribution in [2.45, 2.75) is 6.92 Å². The van der Waals surface area contributed by atoms with Crippen LogP contribution in [0.3, 0.4) is 0 Å². The minimum absolute atomic E-state index is 0.740. The van der Waals surface area contributed by atoms with Crippen LogP contribution in [-0.2, 0) is 7.05 Å². The predicted octanol–water partition coefficient (Wildman–Crippen LogP) is 3.67. The quantitative estimate of drug-likeness (QED) is 0.774. The van der Waals surface area contributed by atoms with Gasteiger partial charge in [-0.05, 0) is 36.8 Å². The number of nitrogens with one attached hydrogen (secondary N) is 1. The summed E-state index contributed by atoms with van der Waals surface area (Å²) in [6.07, 6.45) is 1.76. The summed E-state index contributed by atoms with van der Waals surface area (Å²) in [5, 5.41) is 8.46. The van der Waals surface area contributed by atoms with E-state index in [-0.39, 0.29) is 0 Å². The van der Waals surface area contributed by atoms with E-state index >= 15 is 0 Å². The van der Waals surface area contributed by atoms with Gasteiger partial charge >= 0.3 is 0 Å². The summed E-state index contributed by atoms with van der Waals surface area (Å²) < 4.78 is 1.78. The summed E-state index contributed by atoms with van der Waals surface area (Å²) in [6.45, 7) is 1.98. The molecule has 0 aliphatic carbocycles. The van der Waals surface area contributed by atoms with Crippen LogP contribution in [0, 0.1) is 6.92 Å². The van der Waals surface area contributed by atoms with Crippen molar-refractivity contribution in [2.24, 2.45) is 7.05 Å². The van der Waals surface area contributed by atoms with Crippen LogP contribution >= 0.6 is 11.6 Å². The molecular weight excluding hydrogens is 260 g/mol. The van der Waals surface area contributed by atoms with Gasteiger partial charge in [-0.15, -0.1) is 0 Å². The van der Waals surface area contributed by atoms with Gasteiger partial charge in [-0.1, -0.05) is 17.7 Å². The van der Waals surface area contributed by atoms with Crippen LogP contribution in [0.5, 0.6) is 0 Å². The number of halogens is 1. The molecule has 2 heterocycles. The number of hydrogen-bond acceptors (Lipinski definition) is 3. The molecule has 0 atom stereocenters. The van der Waals surface area contributed by atoms with Crippen molar-refractivity contribution >= 4 is 34.1 Å². The van der Waals surface area contributed by atoms with Crippen LogP contribution in [0.25, 0.3) is 11.0 Å². The van der Waals surface area contributed by atoms with Crippen LogP contribution in [0.1, 0.15) is 5.56 Å². The summed E-state index contributed by atoms with van der Waals surface area (Å²) in [5.74, 6) is 0.857. The van der Waals surface area contributed by atoms with Crippen LogP contribution in [0.2, 0.25) is 5.02 Å². The van der Waals surface area contributed by atoms with Gasteiger partial charge in [0, 0.05) is 24.0 Å². The molecule has 0 aliphatic rings. The molecule has 3 aromatic rings. The Kier molecular flexibility index (Phi) is 2.87. The maximum Gasteiger partial charge on any atom is 0.155 e. The van der Waals surface area contributed by atoms with E-state index in [9.17, 15) is 0 Å². The first-order valence-electron chi connectivity index (χ1n) is 5.96. The first-order valence-corrected chi connectivity index (χ1v) is 6.34. The van der Waals surface area contributed by atoms with Gasteiger partial charge in [-0.25, -0.2) is 0 Å². The molecule has 5 heteroatoms. The van der Waals surface area contributed by atoms with Crippen molar-refractivity contribution in [3.63, 3.8) is 0 Å². The molecule has 1 aromatic carbocycles. The van der Waals surface area contributed by atoms with Crippen molar-refractivity contribution in [3.8, 4) is 0 Å². The highest BCUT2D eigenvalue weighted by molar-refractivity contribution is 6.31. The minimum atomic E-state index is 0.740. The second-order valence-corrected chi connectivity index (χ2v) is 4.84. The third-order valence-electron chi connectivity index (χ3n) is 3.03. The number of pyridine rings is 1. The Labute approximate surface area is 116 Å². The van der Waals surface area contributed by atoms with Crippen molar-refractivity contribution < 1.29 is 0 Å². The third kappa shape index (κ3) is 2.15. The van der Waals surface area contributed by atoms with Gasteiger partial charge in [0.1, 0.15) is 11.0 Å². The molecule has 1 N–H and O–H groups in total. The van der Waals surface area contributed by atoms with Gasteiger partial charge in [0.05, 0.1) is 0 Å². The van der Waals surface area contributed by atoms with Crippen LogP contribution in [-0.4, -0.2) is 14.8 Å². The minimum Gasteiger partial charge on any atom is -0.339 e. The Balaban J connectivity index is 2.05. The zero-order valence-corrected chi connectivity index (χ0v) is 11.4. The predicted molar refractivity (Wildman–Crippen MR) is 78.0 cm³/mol. The van der Waals surface area contributed by atoms with Gasteiger partial charge in [0.2, 0.25) is 0 Å². The van der Waals surface area contributed by atoms with Crippen molar-refractivity contribution in [3.05, 3.63) is 47.1 Å². The molecule has 19 heavy (non-hydrogen) atoms. The largest absolute Gasteiger partial charge is 0.339 e. The normalized spacial score (nSPS) is 10.9. The zero-order chi connectivity index (χ0) is 13.4. The molecule has 96 valence electrons. The molecule has 4 nitrogen and oxygen atoms in total. The average Bonchev–Trinajstić information content (AvgIpc) is 2.71. The first kappa shape index (κ1) is 12.0. The third-order valence-corrected chi connectivity index (χ3v) is 3.43. The van der Waals surface area contributed by atoms with Crippen LogP contribution in [0.15, 0.2) is 36.5 Å². The molecule has 0 bridgehead atoms. The topological polar surface area (TPSA) is 42.7 Å². The molecule has 0 amide bonds. The van der Waals surface area contributed by atoms with Gasteiger partial charge in [-0.2, -0.15) is 5.10 Å². The maximum atomic E-state index is 6.13. The average molecular weight is 273 g/mol. The van der Waals surface area contributed by atoms with E-state index in [4.69, 9.17) is 11.6 Å². The Morgan fingerprint density at radius 3 is 2.89 bits per heavy atom. The number of hydrogen-bond donors (Lipinski definition) is 1. The van der Waals surface area contributed by atoms with Crippen molar-refractivity contribution in [1.29, 1.82) is 0 Å². The SMILES string of the molecule is Cc1ccc(Nc2c3ncccc3nn2C)cc1Cl. The fraction of sp³-hybridized carbons (Fsp3) is 0.143. The van der Waals surface area contributed by atoms with E-state index in [1.165, 1.54) is 0 Å². The van der Waals surface area contributed by atoms with Gasteiger partial charge in [-0.3, -0.25) is 9.67 Å². The molecule has 0 spiro atoms. The number of nitrogens with zero attached hydrogens (tertiary/aromatic N) is 3. The Morgan fingerprint density at radius 2 is 2.11 bits per heavy atom. The number of rotatable bonds is 2. The summed E-state index contributed by atoms with van der Waals surface area (Å²) in [5.41, 5.74) is 3.69. The second-order valence-electron chi connectivity index (χ2n) is 4.43. The first-order chi connectivity index (χ1) is 9.15. The Bertz CT molecular complexity index is 748. The Morgan fingerprint density at radius 1 is 1.26 bits per heavy atom. The van der Waals surface area contributed by atoms with E-state index in [1.54, 1.807) is 10.9 Å². The fourth-order valence-corrected chi connectivity index (χ4v) is 2.15. The molecule has 0 unspecified atom stereocenters. The monoisotopic (exact) mass is 272 g/mol.